The van der Waals surface area contributed by atoms with Crippen LogP contribution in [0.1, 0.15) is 30.7 Å². The second-order valence-corrected chi connectivity index (χ2v) is 7.24. The molecule has 1 N–H and O–H groups in total. The zero-order valence-electron chi connectivity index (χ0n) is 17.8. The van der Waals surface area contributed by atoms with E-state index in [-0.39, 0.29) is 35.4 Å². The van der Waals surface area contributed by atoms with Gasteiger partial charge in [-0.05, 0) is 37.0 Å². The van der Waals surface area contributed by atoms with Crippen molar-refractivity contribution in [2.45, 2.75) is 51.9 Å². The van der Waals surface area contributed by atoms with Gasteiger partial charge in [-0.15, -0.1) is 24.0 Å². The average Bonchev–Trinajstić information content (AvgIpc) is 3.05. The summed E-state index contributed by atoms with van der Waals surface area (Å²) in [6, 6.07) is 6.53. The average molecular weight is 550 g/mol. The van der Waals surface area contributed by atoms with E-state index in [0.717, 1.165) is 43.6 Å². The first-order chi connectivity index (χ1) is 14.5. The van der Waals surface area contributed by atoms with Crippen LogP contribution >= 0.6 is 24.0 Å². The fourth-order valence-corrected chi connectivity index (χ4v) is 3.53. The third kappa shape index (κ3) is 6.91. The van der Waals surface area contributed by atoms with Gasteiger partial charge in [0.05, 0.1) is 0 Å². The first kappa shape index (κ1) is 25.1. The predicted octanol–water partition coefficient (Wildman–Crippen LogP) is 2.70. The number of ether oxygens (including phenoxy) is 1. The minimum absolute atomic E-state index is 0. The number of fused-ring (bicyclic) bond motifs is 1. The van der Waals surface area contributed by atoms with Crippen LogP contribution in [-0.2, 0) is 26.1 Å². The first-order valence-electron chi connectivity index (χ1n) is 10.1. The first-order valence-corrected chi connectivity index (χ1v) is 10.1. The molecule has 31 heavy (non-hydrogen) atoms. The second-order valence-electron chi connectivity index (χ2n) is 7.24. The molecule has 0 saturated heterocycles. The van der Waals surface area contributed by atoms with Crippen LogP contribution < -0.4 is 15.7 Å². The van der Waals surface area contributed by atoms with Crippen LogP contribution in [0.2, 0.25) is 0 Å². The molecule has 1 aliphatic heterocycles. The van der Waals surface area contributed by atoms with Crippen molar-refractivity contribution in [2.24, 2.45) is 4.99 Å². The van der Waals surface area contributed by atoms with Gasteiger partial charge in [0.15, 0.2) is 5.96 Å². The van der Waals surface area contributed by atoms with E-state index in [4.69, 9.17) is 0 Å². The van der Waals surface area contributed by atoms with Gasteiger partial charge in [0.2, 0.25) is 0 Å². The summed E-state index contributed by atoms with van der Waals surface area (Å²) in [5.41, 5.74) is 0.919. The molecule has 3 rings (SSSR count). The van der Waals surface area contributed by atoms with Crippen LogP contribution in [0.3, 0.4) is 0 Å². The number of nitrogens with one attached hydrogen (secondary N) is 1. The van der Waals surface area contributed by atoms with Crippen molar-refractivity contribution in [3.8, 4) is 5.75 Å². The highest BCUT2D eigenvalue weighted by Gasteiger charge is 2.16. The van der Waals surface area contributed by atoms with Crippen molar-refractivity contribution in [2.75, 3.05) is 20.6 Å². The molecule has 0 amide bonds. The smallest absolute Gasteiger partial charge is 0.387 e. The number of rotatable bonds is 8. The third-order valence-corrected chi connectivity index (χ3v) is 5.00. The van der Waals surface area contributed by atoms with E-state index in [9.17, 15) is 13.6 Å². The second kappa shape index (κ2) is 12.0. The number of aromatic nitrogens is 3. The molecule has 11 heteroatoms. The molecule has 0 aliphatic carbocycles. The number of halogens is 3. The summed E-state index contributed by atoms with van der Waals surface area (Å²) in [6.07, 6.45) is 3.73. The maximum absolute atomic E-state index is 12.4. The Morgan fingerprint density at radius 2 is 2.06 bits per heavy atom. The summed E-state index contributed by atoms with van der Waals surface area (Å²) in [7, 11) is 3.60. The zero-order chi connectivity index (χ0) is 21.5. The van der Waals surface area contributed by atoms with Gasteiger partial charge in [-0.2, -0.15) is 13.9 Å². The van der Waals surface area contributed by atoms with Crippen molar-refractivity contribution < 1.29 is 13.5 Å². The van der Waals surface area contributed by atoms with Gasteiger partial charge in [0.1, 0.15) is 11.6 Å². The highest BCUT2D eigenvalue weighted by atomic mass is 127. The van der Waals surface area contributed by atoms with Crippen molar-refractivity contribution in [3.63, 3.8) is 0 Å². The molecule has 0 saturated carbocycles. The van der Waals surface area contributed by atoms with Gasteiger partial charge >= 0.3 is 12.3 Å². The van der Waals surface area contributed by atoms with Crippen molar-refractivity contribution >= 4 is 29.9 Å². The number of alkyl halides is 2. The fourth-order valence-electron chi connectivity index (χ4n) is 3.53. The largest absolute Gasteiger partial charge is 0.435 e. The van der Waals surface area contributed by atoms with E-state index in [1.54, 1.807) is 28.4 Å². The number of aliphatic imine (C=N–C) groups is 1. The van der Waals surface area contributed by atoms with Gasteiger partial charge in [-0.25, -0.2) is 9.48 Å². The van der Waals surface area contributed by atoms with E-state index in [2.05, 4.69) is 20.1 Å². The topological polar surface area (TPSA) is 76.7 Å². The Bertz CT molecular complexity index is 913. The summed E-state index contributed by atoms with van der Waals surface area (Å²) < 4.78 is 32.2. The van der Waals surface area contributed by atoms with Gasteiger partial charge in [0, 0.05) is 46.7 Å². The molecule has 1 aromatic heterocycles. The minimum Gasteiger partial charge on any atom is -0.435 e. The highest BCUT2D eigenvalue weighted by molar-refractivity contribution is 14.0. The van der Waals surface area contributed by atoms with Gasteiger partial charge in [0.25, 0.3) is 0 Å². The molecule has 0 spiro atoms. The lowest BCUT2D eigenvalue weighted by Crippen LogP contribution is -2.39. The lowest BCUT2D eigenvalue weighted by atomic mass is 10.2. The molecule has 0 radical (unpaired) electrons. The zero-order valence-corrected chi connectivity index (χ0v) is 20.1. The molecule has 0 fully saturated rings. The van der Waals surface area contributed by atoms with Crippen LogP contribution in [0, 0.1) is 0 Å². The molecule has 172 valence electrons. The number of benzene rings is 1. The predicted molar refractivity (Wildman–Crippen MR) is 125 cm³/mol. The maximum atomic E-state index is 12.4. The Kier molecular flexibility index (Phi) is 9.72. The summed E-state index contributed by atoms with van der Waals surface area (Å²) in [6.45, 7) is -0.309. The monoisotopic (exact) mass is 550 g/mol. The molecule has 2 heterocycles. The van der Waals surface area contributed by atoms with Crippen LogP contribution in [0.25, 0.3) is 0 Å². The quantitative estimate of drug-likeness (QED) is 0.237. The van der Waals surface area contributed by atoms with Gasteiger partial charge < -0.3 is 15.0 Å². The Balaban J connectivity index is 0.00000341. The molecular weight excluding hydrogens is 521 g/mol. The van der Waals surface area contributed by atoms with Crippen molar-refractivity contribution in [1.82, 2.24) is 24.6 Å². The SMILES string of the molecule is CN=C(NCCCn1nc2n(c1=O)CCCC2)N(C)Cc1ccc(OC(F)F)cc1.I. The van der Waals surface area contributed by atoms with Gasteiger partial charge in [-0.1, -0.05) is 12.1 Å². The molecule has 2 aromatic rings. The van der Waals surface area contributed by atoms with Crippen LogP contribution in [0.15, 0.2) is 34.1 Å². The number of nitrogens with zero attached hydrogens (tertiary/aromatic N) is 5. The molecule has 1 aromatic carbocycles. The molecule has 8 nitrogen and oxygen atoms in total. The third-order valence-electron chi connectivity index (χ3n) is 5.00. The van der Waals surface area contributed by atoms with E-state index in [1.807, 2.05) is 11.9 Å². The minimum atomic E-state index is -2.83. The summed E-state index contributed by atoms with van der Waals surface area (Å²) >= 11 is 0. The fraction of sp³-hybridized carbons (Fsp3) is 0.550. The molecular formula is C20H29F2IN6O2. The summed E-state index contributed by atoms with van der Waals surface area (Å²) in [5.74, 6) is 1.73. The Hall–Kier alpha value is -2.18. The van der Waals surface area contributed by atoms with E-state index >= 15 is 0 Å². The number of aryl methyl sites for hydroxylation is 2. The van der Waals surface area contributed by atoms with Crippen molar-refractivity contribution in [3.05, 3.63) is 46.1 Å². The normalized spacial score (nSPS) is 13.5. The molecule has 1 aliphatic rings. The molecule has 0 atom stereocenters. The standard InChI is InChI=1S/C20H28F2N6O2.HI/c1-23-19(26(2)14-15-7-9-16(10-8-15)30-18(21)22)24-11-5-13-28-20(29)27-12-4-3-6-17(27)25-28;/h7-10,18H,3-6,11-14H2,1-2H3,(H,23,24);1H. The van der Waals surface area contributed by atoms with Crippen LogP contribution in [-0.4, -0.2) is 52.5 Å². The molecule has 0 unspecified atom stereocenters. The Labute approximate surface area is 197 Å². The Morgan fingerprint density at radius 3 is 2.71 bits per heavy atom. The van der Waals surface area contributed by atoms with E-state index in [0.29, 0.717) is 25.6 Å². The summed E-state index contributed by atoms with van der Waals surface area (Å²) in [4.78, 5) is 18.6. The lowest BCUT2D eigenvalue weighted by Gasteiger charge is -2.22. The van der Waals surface area contributed by atoms with E-state index < -0.39 is 6.61 Å². The lowest BCUT2D eigenvalue weighted by molar-refractivity contribution is -0.0498. The number of guanidine groups is 1. The van der Waals surface area contributed by atoms with Crippen LogP contribution in [0.5, 0.6) is 5.75 Å². The van der Waals surface area contributed by atoms with Crippen molar-refractivity contribution in [1.29, 1.82) is 0 Å². The number of hydrogen-bond acceptors (Lipinski definition) is 4. The van der Waals surface area contributed by atoms with Crippen LogP contribution in [0.4, 0.5) is 8.78 Å². The highest BCUT2D eigenvalue weighted by Crippen LogP contribution is 2.15. The number of hydrogen-bond donors (Lipinski definition) is 1. The summed E-state index contributed by atoms with van der Waals surface area (Å²) in [5, 5.41) is 7.73. The maximum Gasteiger partial charge on any atom is 0.387 e. The van der Waals surface area contributed by atoms with E-state index in [1.165, 1.54) is 12.1 Å². The Morgan fingerprint density at radius 1 is 1.32 bits per heavy atom. The molecule has 0 bridgehead atoms. The van der Waals surface area contributed by atoms with Gasteiger partial charge in [-0.3, -0.25) is 9.56 Å².